The molecular formula is C18H19N3O3S. The fourth-order valence-corrected chi connectivity index (χ4v) is 3.52. The van der Waals surface area contributed by atoms with E-state index in [0.29, 0.717) is 21.8 Å². The molecule has 2 heterocycles. The predicted molar refractivity (Wildman–Crippen MR) is 100 cm³/mol. The third-order valence-electron chi connectivity index (χ3n) is 4.11. The van der Waals surface area contributed by atoms with Gasteiger partial charge in [0.15, 0.2) is 0 Å². The number of carbonyl (C=O) groups is 1. The normalized spacial score (nSPS) is 11.2. The van der Waals surface area contributed by atoms with Crippen LogP contribution >= 0.6 is 11.3 Å². The summed E-state index contributed by atoms with van der Waals surface area (Å²) in [5.41, 5.74) is 1.52. The van der Waals surface area contributed by atoms with Gasteiger partial charge in [-0.15, -0.1) is 11.3 Å². The summed E-state index contributed by atoms with van der Waals surface area (Å²) in [7, 11) is 1.42. The highest BCUT2D eigenvalue weighted by Crippen LogP contribution is 2.18. The van der Waals surface area contributed by atoms with Gasteiger partial charge in [0.05, 0.1) is 5.52 Å². The second-order valence-electron chi connectivity index (χ2n) is 6.19. The van der Waals surface area contributed by atoms with E-state index < -0.39 is 5.69 Å². The lowest BCUT2D eigenvalue weighted by Crippen LogP contribution is -2.39. The summed E-state index contributed by atoms with van der Waals surface area (Å²) < 4.78 is 2.82. The molecule has 3 aromatic rings. The number of rotatable bonds is 4. The van der Waals surface area contributed by atoms with Gasteiger partial charge in [0.2, 0.25) is 5.91 Å². The van der Waals surface area contributed by atoms with Gasteiger partial charge in [0, 0.05) is 12.7 Å². The van der Waals surface area contributed by atoms with E-state index in [1.165, 1.54) is 28.5 Å². The molecule has 7 heteroatoms. The van der Waals surface area contributed by atoms with Crippen molar-refractivity contribution in [3.8, 4) is 0 Å². The molecule has 0 atom stereocenters. The molecule has 0 unspecified atom stereocenters. The molecule has 0 aliphatic rings. The molecule has 0 aliphatic carbocycles. The number of fused-ring (bicyclic) bond motifs is 1. The Morgan fingerprint density at radius 2 is 1.84 bits per heavy atom. The first kappa shape index (κ1) is 17.2. The second kappa shape index (κ2) is 6.68. The smallest absolute Gasteiger partial charge is 0.325 e. The highest BCUT2D eigenvalue weighted by molar-refractivity contribution is 7.17. The average molecular weight is 357 g/mol. The zero-order chi connectivity index (χ0) is 18.1. The topological polar surface area (TPSA) is 73.1 Å². The lowest BCUT2D eigenvalue weighted by atomic mass is 10.0. The third kappa shape index (κ3) is 3.28. The highest BCUT2D eigenvalue weighted by Gasteiger charge is 2.14. The number of aromatic nitrogens is 2. The van der Waals surface area contributed by atoms with Crippen molar-refractivity contribution < 1.29 is 4.79 Å². The summed E-state index contributed by atoms with van der Waals surface area (Å²) in [6.45, 7) is 4.06. The quantitative estimate of drug-likeness (QED) is 0.780. The van der Waals surface area contributed by atoms with Gasteiger partial charge >= 0.3 is 5.69 Å². The first-order chi connectivity index (χ1) is 11.9. The van der Waals surface area contributed by atoms with E-state index in [-0.39, 0.29) is 18.0 Å². The minimum Gasteiger partial charge on any atom is -0.325 e. The maximum absolute atomic E-state index is 12.4. The minimum atomic E-state index is -0.499. The third-order valence-corrected chi connectivity index (χ3v) is 5.01. The summed E-state index contributed by atoms with van der Waals surface area (Å²) in [5, 5.41) is 4.53. The highest BCUT2D eigenvalue weighted by atomic mass is 32.1. The van der Waals surface area contributed by atoms with Gasteiger partial charge in [-0.2, -0.15) is 0 Å². The number of hydrogen-bond acceptors (Lipinski definition) is 4. The molecule has 0 saturated carbocycles. The Kier molecular flexibility index (Phi) is 4.59. The van der Waals surface area contributed by atoms with Crippen molar-refractivity contribution in [3.63, 3.8) is 0 Å². The molecule has 1 amide bonds. The molecule has 3 rings (SSSR count). The van der Waals surface area contributed by atoms with Crippen LogP contribution in [0.25, 0.3) is 10.2 Å². The van der Waals surface area contributed by atoms with Crippen molar-refractivity contribution in [1.82, 2.24) is 9.13 Å². The SMILES string of the molecule is CC(C)c1ccc(NC(=O)Cn2c(=O)n(C)c(=O)c3sccc32)cc1. The van der Waals surface area contributed by atoms with Crippen molar-refractivity contribution in [2.45, 2.75) is 26.3 Å². The Morgan fingerprint density at radius 1 is 1.16 bits per heavy atom. The number of nitrogens with one attached hydrogen (secondary N) is 1. The molecule has 2 aromatic heterocycles. The van der Waals surface area contributed by atoms with Crippen LogP contribution in [0.5, 0.6) is 0 Å². The Balaban J connectivity index is 1.86. The summed E-state index contributed by atoms with van der Waals surface area (Å²) >= 11 is 1.26. The molecule has 130 valence electrons. The fourth-order valence-electron chi connectivity index (χ4n) is 2.65. The zero-order valence-electron chi connectivity index (χ0n) is 14.3. The lowest BCUT2D eigenvalue weighted by Gasteiger charge is -2.11. The zero-order valence-corrected chi connectivity index (χ0v) is 15.1. The number of nitrogens with zero attached hydrogens (tertiary/aromatic N) is 2. The maximum Gasteiger partial charge on any atom is 0.331 e. The molecule has 0 radical (unpaired) electrons. The van der Waals surface area contributed by atoms with E-state index in [0.717, 1.165) is 4.57 Å². The van der Waals surface area contributed by atoms with Crippen LogP contribution in [0.2, 0.25) is 0 Å². The van der Waals surface area contributed by atoms with Crippen molar-refractivity contribution >= 4 is 33.1 Å². The van der Waals surface area contributed by atoms with Crippen LogP contribution in [0, 0.1) is 0 Å². The number of anilines is 1. The van der Waals surface area contributed by atoms with Gasteiger partial charge < -0.3 is 5.32 Å². The van der Waals surface area contributed by atoms with Gasteiger partial charge in [-0.05, 0) is 35.1 Å². The molecule has 1 N–H and O–H groups in total. The van der Waals surface area contributed by atoms with E-state index >= 15 is 0 Å². The van der Waals surface area contributed by atoms with Gasteiger partial charge in [-0.25, -0.2) is 4.79 Å². The summed E-state index contributed by atoms with van der Waals surface area (Å²) in [6, 6.07) is 9.31. The first-order valence-corrected chi connectivity index (χ1v) is 8.83. The Morgan fingerprint density at radius 3 is 2.48 bits per heavy atom. The Bertz CT molecular complexity index is 1040. The molecule has 0 fully saturated rings. The molecule has 0 aliphatic heterocycles. The van der Waals surface area contributed by atoms with Crippen LogP contribution < -0.4 is 16.6 Å². The van der Waals surface area contributed by atoms with E-state index in [1.807, 2.05) is 24.3 Å². The van der Waals surface area contributed by atoms with Crippen LogP contribution in [-0.4, -0.2) is 15.0 Å². The van der Waals surface area contributed by atoms with Crippen LogP contribution in [0.1, 0.15) is 25.3 Å². The molecular weight excluding hydrogens is 338 g/mol. The predicted octanol–water partition coefficient (Wildman–Crippen LogP) is 2.52. The van der Waals surface area contributed by atoms with E-state index in [2.05, 4.69) is 19.2 Å². The van der Waals surface area contributed by atoms with E-state index in [4.69, 9.17) is 0 Å². The summed E-state index contributed by atoms with van der Waals surface area (Å²) in [5.74, 6) is 0.103. The number of hydrogen-bond donors (Lipinski definition) is 1. The second-order valence-corrected chi connectivity index (χ2v) is 7.11. The molecule has 6 nitrogen and oxygen atoms in total. The number of thiophene rings is 1. The monoisotopic (exact) mass is 357 g/mol. The van der Waals surface area contributed by atoms with E-state index in [1.54, 1.807) is 11.4 Å². The standard InChI is InChI=1S/C18H19N3O3S/c1-11(2)12-4-6-13(7-5-12)19-15(22)10-21-14-8-9-25-16(14)17(23)20(3)18(21)24/h4-9,11H,10H2,1-3H3,(H,19,22). The van der Waals surface area contributed by atoms with Crippen LogP contribution in [0.4, 0.5) is 5.69 Å². The summed E-state index contributed by atoms with van der Waals surface area (Å²) in [4.78, 5) is 36.8. The molecule has 1 aromatic carbocycles. The number of amides is 1. The Hall–Kier alpha value is -2.67. The van der Waals surface area contributed by atoms with Crippen LogP contribution in [0.3, 0.4) is 0 Å². The number of benzene rings is 1. The van der Waals surface area contributed by atoms with Crippen molar-refractivity contribution in [2.75, 3.05) is 5.32 Å². The molecule has 25 heavy (non-hydrogen) atoms. The van der Waals surface area contributed by atoms with Gasteiger partial charge in [-0.3, -0.25) is 18.7 Å². The van der Waals surface area contributed by atoms with E-state index in [9.17, 15) is 14.4 Å². The van der Waals surface area contributed by atoms with Gasteiger partial charge in [0.25, 0.3) is 5.56 Å². The lowest BCUT2D eigenvalue weighted by molar-refractivity contribution is -0.116. The minimum absolute atomic E-state index is 0.147. The van der Waals surface area contributed by atoms with Crippen molar-refractivity contribution in [2.24, 2.45) is 7.05 Å². The van der Waals surface area contributed by atoms with Crippen LogP contribution in [-0.2, 0) is 18.4 Å². The van der Waals surface area contributed by atoms with Gasteiger partial charge in [0.1, 0.15) is 11.2 Å². The Labute approximate surface area is 148 Å². The molecule has 0 spiro atoms. The summed E-state index contributed by atoms with van der Waals surface area (Å²) in [6.07, 6.45) is 0. The molecule has 0 saturated heterocycles. The maximum atomic E-state index is 12.4. The van der Waals surface area contributed by atoms with Crippen molar-refractivity contribution in [1.29, 1.82) is 0 Å². The van der Waals surface area contributed by atoms with Gasteiger partial charge in [-0.1, -0.05) is 26.0 Å². The average Bonchev–Trinajstić information content (AvgIpc) is 3.07. The largest absolute Gasteiger partial charge is 0.331 e. The molecule has 0 bridgehead atoms. The first-order valence-electron chi connectivity index (χ1n) is 7.95. The van der Waals surface area contributed by atoms with Crippen LogP contribution in [0.15, 0.2) is 45.3 Å². The fraction of sp³-hybridized carbons (Fsp3) is 0.278. The number of carbonyl (C=O) groups excluding carboxylic acids is 1. The van der Waals surface area contributed by atoms with Crippen molar-refractivity contribution in [3.05, 3.63) is 62.1 Å².